The van der Waals surface area contributed by atoms with Crippen LogP contribution >= 0.6 is 0 Å². The van der Waals surface area contributed by atoms with Gasteiger partial charge in [-0.3, -0.25) is 4.79 Å². The van der Waals surface area contributed by atoms with Crippen LogP contribution in [0, 0.1) is 12.7 Å². The first-order valence-electron chi connectivity index (χ1n) is 5.34. The van der Waals surface area contributed by atoms with Crippen LogP contribution in [-0.4, -0.2) is 25.8 Å². The first-order chi connectivity index (χ1) is 8.95. The van der Waals surface area contributed by atoms with Gasteiger partial charge in [0.1, 0.15) is 5.82 Å². The Bertz CT molecular complexity index is 625. The number of carbonyl (C=O) groups is 1. The van der Waals surface area contributed by atoms with Crippen molar-refractivity contribution in [3.05, 3.63) is 35.1 Å². The van der Waals surface area contributed by atoms with Crippen molar-refractivity contribution in [2.24, 2.45) is 0 Å². The van der Waals surface area contributed by atoms with Gasteiger partial charge in [0.2, 0.25) is 10.0 Å². The van der Waals surface area contributed by atoms with Crippen LogP contribution in [0.1, 0.15) is 22.8 Å². The van der Waals surface area contributed by atoms with Gasteiger partial charge in [0.25, 0.3) is 5.91 Å². The molecule has 0 aliphatic heterocycles. The maximum Gasteiger partial charge on any atom is 0.407 e. The lowest BCUT2D eigenvalue weighted by Crippen LogP contribution is -2.44. The summed E-state index contributed by atoms with van der Waals surface area (Å²) in [5.74, 6) is -2.46. The summed E-state index contributed by atoms with van der Waals surface area (Å²) in [4.78, 5) is 11.5. The van der Waals surface area contributed by atoms with Crippen molar-refractivity contribution >= 4 is 15.9 Å². The normalized spacial score (nSPS) is 13.9. The Morgan fingerprint density at radius 2 is 1.85 bits per heavy atom. The Hall–Kier alpha value is -1.64. The van der Waals surface area contributed by atoms with Crippen LogP contribution in [0.5, 0.6) is 0 Å². The number of nitrogens with one attached hydrogen (secondary N) is 1. The summed E-state index contributed by atoms with van der Waals surface area (Å²) >= 11 is 0. The predicted molar refractivity (Wildman–Crippen MR) is 63.0 cm³/mol. The number of hydrogen-bond donors (Lipinski definition) is 1. The number of aryl methyl sites for hydroxylation is 1. The molecule has 0 radical (unpaired) electrons. The number of amides is 1. The SMILES string of the molecule is Cc1ccc(C(=O)NS(=O)(=O)[C@@H](C)C(F)(F)F)c(F)c1. The van der Waals surface area contributed by atoms with Crippen molar-refractivity contribution in [3.63, 3.8) is 0 Å². The highest BCUT2D eigenvalue weighted by Crippen LogP contribution is 2.25. The number of sulfonamides is 1. The van der Waals surface area contributed by atoms with Gasteiger partial charge in [0.05, 0.1) is 5.56 Å². The van der Waals surface area contributed by atoms with E-state index in [4.69, 9.17) is 0 Å². The van der Waals surface area contributed by atoms with Crippen LogP contribution in [-0.2, 0) is 10.0 Å². The minimum Gasteiger partial charge on any atom is -0.268 e. The lowest BCUT2D eigenvalue weighted by Gasteiger charge is -2.16. The molecule has 0 fully saturated rings. The molecule has 0 aromatic heterocycles. The van der Waals surface area contributed by atoms with E-state index in [2.05, 4.69) is 0 Å². The summed E-state index contributed by atoms with van der Waals surface area (Å²) in [5, 5.41) is -2.78. The lowest BCUT2D eigenvalue weighted by molar-refractivity contribution is -0.127. The van der Waals surface area contributed by atoms with Gasteiger partial charge in [-0.1, -0.05) is 6.07 Å². The van der Waals surface area contributed by atoms with Crippen LogP contribution in [0.15, 0.2) is 18.2 Å². The summed E-state index contributed by atoms with van der Waals surface area (Å²) in [6, 6.07) is 3.29. The third-order valence-electron chi connectivity index (χ3n) is 2.53. The molecule has 20 heavy (non-hydrogen) atoms. The fourth-order valence-electron chi connectivity index (χ4n) is 1.25. The molecule has 0 aliphatic rings. The molecule has 1 aromatic carbocycles. The summed E-state index contributed by atoms with van der Waals surface area (Å²) in [7, 11) is -4.98. The first kappa shape index (κ1) is 16.4. The smallest absolute Gasteiger partial charge is 0.268 e. The molecule has 1 aromatic rings. The second kappa shape index (κ2) is 5.39. The Labute approximate surface area is 112 Å². The van der Waals surface area contributed by atoms with Gasteiger partial charge in [-0.2, -0.15) is 13.2 Å². The third kappa shape index (κ3) is 3.69. The minimum absolute atomic E-state index is 0.390. The highest BCUT2D eigenvalue weighted by molar-refractivity contribution is 7.90. The summed E-state index contributed by atoms with van der Waals surface area (Å²) in [6.07, 6.45) is -5.03. The zero-order chi connectivity index (χ0) is 15.7. The van der Waals surface area contributed by atoms with E-state index < -0.39 is 38.7 Å². The standard InChI is InChI=1S/C11H11F4NO3S/c1-6-3-4-8(9(12)5-6)10(17)16-20(18,19)7(2)11(13,14)15/h3-5,7H,1-2H3,(H,16,17)/t7-/m0/s1. The Morgan fingerprint density at radius 3 is 2.30 bits per heavy atom. The van der Waals surface area contributed by atoms with Crippen LogP contribution in [0.4, 0.5) is 17.6 Å². The number of carbonyl (C=O) groups excluding carboxylic acids is 1. The van der Waals surface area contributed by atoms with E-state index in [9.17, 15) is 30.8 Å². The molecule has 9 heteroatoms. The zero-order valence-electron chi connectivity index (χ0n) is 10.5. The Kier molecular flexibility index (Phi) is 4.42. The third-order valence-corrected chi connectivity index (χ3v) is 4.20. The maximum absolute atomic E-state index is 13.4. The average Bonchev–Trinajstić information content (AvgIpc) is 2.25. The molecule has 0 saturated heterocycles. The van der Waals surface area contributed by atoms with Crippen LogP contribution < -0.4 is 4.72 Å². The molecule has 1 N–H and O–H groups in total. The van der Waals surface area contributed by atoms with Gasteiger partial charge in [0, 0.05) is 0 Å². The molecule has 112 valence electrons. The Morgan fingerprint density at radius 1 is 1.30 bits per heavy atom. The van der Waals surface area contributed by atoms with Crippen molar-refractivity contribution in [2.45, 2.75) is 25.3 Å². The van der Waals surface area contributed by atoms with Crippen molar-refractivity contribution in [2.75, 3.05) is 0 Å². The van der Waals surface area contributed by atoms with Gasteiger partial charge in [-0.05, 0) is 31.5 Å². The van der Waals surface area contributed by atoms with E-state index in [0.29, 0.717) is 12.5 Å². The van der Waals surface area contributed by atoms with Crippen molar-refractivity contribution in [1.82, 2.24) is 4.72 Å². The Balaban J connectivity index is 3.01. The molecule has 0 unspecified atom stereocenters. The highest BCUT2D eigenvalue weighted by Gasteiger charge is 2.46. The maximum atomic E-state index is 13.4. The predicted octanol–water partition coefficient (Wildman–Crippen LogP) is 2.14. The molecule has 0 heterocycles. The molecule has 0 spiro atoms. The van der Waals surface area contributed by atoms with E-state index in [1.54, 1.807) is 0 Å². The van der Waals surface area contributed by atoms with Gasteiger partial charge in [-0.25, -0.2) is 17.5 Å². The average molecular weight is 313 g/mol. The van der Waals surface area contributed by atoms with Crippen LogP contribution in [0.2, 0.25) is 0 Å². The summed E-state index contributed by atoms with van der Waals surface area (Å²) in [5.41, 5.74) is -0.167. The number of alkyl halides is 3. The fraction of sp³-hybridized carbons (Fsp3) is 0.364. The number of rotatable bonds is 3. The molecule has 1 rings (SSSR count). The highest BCUT2D eigenvalue weighted by atomic mass is 32.2. The van der Waals surface area contributed by atoms with E-state index >= 15 is 0 Å². The molecule has 4 nitrogen and oxygen atoms in total. The molecule has 0 bridgehead atoms. The van der Waals surface area contributed by atoms with E-state index in [1.165, 1.54) is 17.7 Å². The number of halogens is 4. The molecular formula is C11H11F4NO3S. The fourth-order valence-corrected chi connectivity index (χ4v) is 2.15. The lowest BCUT2D eigenvalue weighted by atomic mass is 10.1. The van der Waals surface area contributed by atoms with Gasteiger partial charge in [0.15, 0.2) is 5.25 Å². The second-order valence-electron chi connectivity index (χ2n) is 4.14. The van der Waals surface area contributed by atoms with Crippen LogP contribution in [0.25, 0.3) is 0 Å². The van der Waals surface area contributed by atoms with Crippen molar-refractivity contribution in [1.29, 1.82) is 0 Å². The van der Waals surface area contributed by atoms with E-state index in [-0.39, 0.29) is 0 Å². The quantitative estimate of drug-likeness (QED) is 0.870. The largest absolute Gasteiger partial charge is 0.407 e. The molecule has 0 aliphatic carbocycles. The molecule has 1 amide bonds. The summed E-state index contributed by atoms with van der Waals surface area (Å²) < 4.78 is 74.4. The molecular weight excluding hydrogens is 302 g/mol. The second-order valence-corrected chi connectivity index (χ2v) is 6.14. The van der Waals surface area contributed by atoms with Gasteiger partial charge in [-0.15, -0.1) is 0 Å². The van der Waals surface area contributed by atoms with Crippen LogP contribution in [0.3, 0.4) is 0 Å². The summed E-state index contributed by atoms with van der Waals surface area (Å²) in [6.45, 7) is 1.92. The van der Waals surface area contributed by atoms with E-state index in [1.807, 2.05) is 0 Å². The van der Waals surface area contributed by atoms with E-state index in [0.717, 1.165) is 12.1 Å². The molecule has 1 atom stereocenters. The van der Waals surface area contributed by atoms with Gasteiger partial charge >= 0.3 is 6.18 Å². The topological polar surface area (TPSA) is 63.2 Å². The van der Waals surface area contributed by atoms with Gasteiger partial charge < -0.3 is 0 Å². The monoisotopic (exact) mass is 313 g/mol. The first-order valence-corrected chi connectivity index (χ1v) is 6.88. The number of benzene rings is 1. The van der Waals surface area contributed by atoms with Crippen molar-refractivity contribution < 1.29 is 30.8 Å². The molecule has 0 saturated carbocycles. The zero-order valence-corrected chi connectivity index (χ0v) is 11.3. The van der Waals surface area contributed by atoms with Crippen molar-refractivity contribution in [3.8, 4) is 0 Å². The minimum atomic E-state index is -5.03. The number of hydrogen-bond acceptors (Lipinski definition) is 3.